The van der Waals surface area contributed by atoms with Crippen LogP contribution < -0.4 is 0 Å². The first-order chi connectivity index (χ1) is 16.7. The van der Waals surface area contributed by atoms with Crippen molar-refractivity contribution >= 4 is 14.0 Å². The third-order valence-electron chi connectivity index (χ3n) is 11.1. The van der Waals surface area contributed by atoms with E-state index in [0.29, 0.717) is 14.0 Å². The van der Waals surface area contributed by atoms with Crippen LogP contribution >= 0.6 is 14.0 Å². The largest absolute Gasteiger partial charge is 2.00 e. The van der Waals surface area contributed by atoms with E-state index in [1.165, 1.54) is 35.5 Å². The molecule has 3 heteroatoms. The SMILES string of the molecule is C1C2CC3CC1CC([c-]1p4[c-](C56CC7CC(CC(C7)C5)C6)p14)(C2)C3.[CH]1[CH][CH][CH][CH]1.[CH]1[CH][CH][CH][CH]1.[Zr+2]. The first-order valence-corrected chi connectivity index (χ1v) is 17.8. The zero-order chi connectivity index (χ0) is 22.3. The molecule has 0 atom stereocenters. The van der Waals surface area contributed by atoms with Gasteiger partial charge < -0.3 is 24.1 Å². The van der Waals surface area contributed by atoms with E-state index in [-0.39, 0.29) is 26.2 Å². The van der Waals surface area contributed by atoms with Gasteiger partial charge in [0.1, 0.15) is 0 Å². The summed E-state index contributed by atoms with van der Waals surface area (Å²) in [6.07, 6.45) is 39.8. The zero-order valence-electron chi connectivity index (χ0n) is 21.1. The van der Waals surface area contributed by atoms with Gasteiger partial charge in [-0.15, -0.1) is 10.8 Å². The van der Waals surface area contributed by atoms with Gasteiger partial charge in [0.05, 0.1) is 0 Å². The van der Waals surface area contributed by atoms with E-state index in [1.807, 2.05) is 64.2 Å². The third-order valence-corrected chi connectivity index (χ3v) is 19.0. The van der Waals surface area contributed by atoms with Gasteiger partial charge in [0.15, 0.2) is 0 Å². The maximum absolute atomic E-state index is 2.29. The van der Waals surface area contributed by atoms with Gasteiger partial charge in [-0.25, -0.2) is 0 Å². The molecule has 0 nitrogen and oxygen atoms in total. The summed E-state index contributed by atoms with van der Waals surface area (Å²) in [5.74, 6) is 7.00. The Morgan fingerprint density at radius 3 is 0.800 bits per heavy atom. The molecule has 10 aliphatic rings. The minimum absolute atomic E-state index is 0. The van der Waals surface area contributed by atoms with Crippen LogP contribution in [0.3, 0.4) is 0 Å². The minimum Gasteiger partial charge on any atom is -0.461 e. The van der Waals surface area contributed by atoms with Crippen LogP contribution in [-0.4, -0.2) is 0 Å². The molecule has 0 N–H and O–H groups in total. The van der Waals surface area contributed by atoms with Crippen molar-refractivity contribution < 1.29 is 26.2 Å². The van der Waals surface area contributed by atoms with Gasteiger partial charge in [-0.1, -0.05) is 38.5 Å². The normalized spacial score (nSPS) is 47.7. The number of hydrogen-bond acceptors (Lipinski definition) is 0. The molecule has 0 saturated heterocycles. The van der Waals surface area contributed by atoms with Crippen molar-refractivity contribution in [3.63, 3.8) is 0 Å². The van der Waals surface area contributed by atoms with Gasteiger partial charge in [0, 0.05) is 0 Å². The molecule has 182 valence electrons. The molecule has 0 amide bonds. The Hall–Kier alpha value is 1.22. The molecule has 0 spiro atoms. The second-order valence-corrected chi connectivity index (χ2v) is 19.7. The first kappa shape index (κ1) is 25.2. The molecule has 10 radical (unpaired) electrons. The molecule has 35 heavy (non-hydrogen) atoms. The van der Waals surface area contributed by atoms with Gasteiger partial charge in [-0.3, -0.25) is 0 Å². The zero-order valence-corrected chi connectivity index (χ0v) is 25.4. The molecule has 0 unspecified atom stereocenters. The summed E-state index contributed by atoms with van der Waals surface area (Å²) in [5, 5.41) is 4.58. The Kier molecular flexibility index (Phi) is 6.98. The van der Waals surface area contributed by atoms with Crippen LogP contribution in [0.25, 0.3) is 0 Å². The second-order valence-electron chi connectivity index (χ2n) is 13.6. The summed E-state index contributed by atoms with van der Waals surface area (Å²) in [5.41, 5.74) is 1.72. The number of fused-ring (bicyclic) bond motifs is 1. The summed E-state index contributed by atoms with van der Waals surface area (Å²) < 4.78 is 0. The minimum atomic E-state index is 0. The molecule has 0 aliphatic heterocycles. The fourth-order valence-corrected chi connectivity index (χ4v) is 21.0. The van der Waals surface area contributed by atoms with E-state index >= 15 is 0 Å². The topological polar surface area (TPSA) is 0 Å². The molecule has 10 aliphatic carbocycles. The monoisotopic (exact) mass is 576 g/mol. The second kappa shape index (κ2) is 9.70. The Bertz CT molecular complexity index is 778. The molecule has 2 aromatic heterocycles. The van der Waals surface area contributed by atoms with Gasteiger partial charge in [-0.05, 0) is 138 Å². The summed E-state index contributed by atoms with van der Waals surface area (Å²) in [6, 6.07) is 0. The summed E-state index contributed by atoms with van der Waals surface area (Å²) in [7, 11) is 0.892. The van der Waals surface area contributed by atoms with E-state index in [0.717, 1.165) is 10.8 Å². The number of rotatable bonds is 2. The molecule has 12 rings (SSSR count). The summed E-state index contributed by atoms with van der Waals surface area (Å²) in [4.78, 5) is 0. The Labute approximate surface area is 236 Å². The quantitative estimate of drug-likeness (QED) is 0.312. The number of hydrogen-bond donors (Lipinski definition) is 0. The third kappa shape index (κ3) is 4.47. The van der Waals surface area contributed by atoms with E-state index < -0.39 is 0 Å². The van der Waals surface area contributed by atoms with Crippen LogP contribution in [0.15, 0.2) is 0 Å². The maximum Gasteiger partial charge on any atom is 2.00 e. The van der Waals surface area contributed by atoms with Crippen molar-refractivity contribution in [3.8, 4) is 0 Å². The van der Waals surface area contributed by atoms with Crippen LogP contribution in [0.1, 0.15) is 87.1 Å². The van der Waals surface area contributed by atoms with Gasteiger partial charge in [-0.2, -0.15) is 0 Å². The molecule has 10 fully saturated rings. The van der Waals surface area contributed by atoms with E-state index in [4.69, 9.17) is 0 Å². The van der Waals surface area contributed by atoms with Gasteiger partial charge in [0.2, 0.25) is 0 Å². The van der Waals surface area contributed by atoms with Crippen LogP contribution in [-0.2, 0) is 37.0 Å². The van der Waals surface area contributed by atoms with Crippen molar-refractivity contribution in [2.45, 2.75) is 87.9 Å². The standard InChI is InChI=1S/C22H30P2.2C5H5.Zr/c1-13-2-15-3-14(1)8-21(7-13,9-15)19-23-20(24(19)23)22-10-16-4-17(11-22)6-18(5-16)12-22;2*1-2-4-5-3-1;/h13-18H,1-12H2;2*1-5H;/q-2;;;+2. The van der Waals surface area contributed by atoms with Crippen LogP contribution in [0.5, 0.6) is 0 Å². The van der Waals surface area contributed by atoms with Crippen molar-refractivity contribution in [3.05, 3.63) is 74.3 Å². The van der Waals surface area contributed by atoms with Crippen molar-refractivity contribution in [2.75, 3.05) is 0 Å². The molecular weight excluding hydrogens is 538 g/mol. The fraction of sp³-hybridized carbons (Fsp3) is 0.625. The Morgan fingerprint density at radius 2 is 0.600 bits per heavy atom. The van der Waals surface area contributed by atoms with Crippen LogP contribution in [0.4, 0.5) is 0 Å². The summed E-state index contributed by atoms with van der Waals surface area (Å²) >= 11 is 0. The average molecular weight is 578 g/mol. The molecule has 0 aromatic carbocycles. The summed E-state index contributed by atoms with van der Waals surface area (Å²) in [6.45, 7) is 0. The van der Waals surface area contributed by atoms with Gasteiger partial charge in [0.25, 0.3) is 0 Å². The molecule has 10 saturated carbocycles. The van der Waals surface area contributed by atoms with E-state index in [9.17, 15) is 0 Å². The average Bonchev–Trinajstić information content (AvgIpc) is 3.42. The van der Waals surface area contributed by atoms with Crippen LogP contribution in [0.2, 0.25) is 0 Å². The molecular formula is C32H40P2Zr. The van der Waals surface area contributed by atoms with E-state index in [2.05, 4.69) is 10.1 Å². The fourth-order valence-electron chi connectivity index (χ4n) is 10.8. The van der Waals surface area contributed by atoms with Crippen molar-refractivity contribution in [1.29, 1.82) is 0 Å². The van der Waals surface area contributed by atoms with Gasteiger partial charge >= 0.3 is 26.2 Å². The Balaban J connectivity index is 0.000000162. The molecule has 2 aromatic rings. The smallest absolute Gasteiger partial charge is 0.461 e. The van der Waals surface area contributed by atoms with Crippen LogP contribution in [0, 0.1) is 99.7 Å². The predicted molar refractivity (Wildman–Crippen MR) is 145 cm³/mol. The van der Waals surface area contributed by atoms with E-state index in [1.54, 1.807) is 77.0 Å². The maximum atomic E-state index is 2.29. The Morgan fingerprint density at radius 1 is 0.400 bits per heavy atom. The van der Waals surface area contributed by atoms with Crippen molar-refractivity contribution in [2.24, 2.45) is 35.5 Å². The molecule has 2 heterocycles. The first-order valence-electron chi connectivity index (χ1n) is 14.4. The predicted octanol–water partition coefficient (Wildman–Crippen LogP) is 9.26. The van der Waals surface area contributed by atoms with Crippen molar-refractivity contribution in [1.82, 2.24) is 0 Å². The molecule has 8 bridgehead atoms.